The molecule has 0 spiro atoms. The minimum absolute atomic E-state index is 0.216. The van der Waals surface area contributed by atoms with Crippen molar-refractivity contribution in [1.29, 1.82) is 0 Å². The lowest BCUT2D eigenvalue weighted by molar-refractivity contribution is 0.210. The second-order valence-electron chi connectivity index (χ2n) is 2.03. The summed E-state index contributed by atoms with van der Waals surface area (Å²) >= 11 is 11.3. The lowest BCUT2D eigenvalue weighted by atomic mass is 10.3. The molecule has 0 fully saturated rings. The van der Waals surface area contributed by atoms with E-state index in [0.29, 0.717) is 0 Å². The molecule has 0 bridgehead atoms. The Labute approximate surface area is 78.9 Å². The Balaban J connectivity index is 3.04. The van der Waals surface area contributed by atoms with Crippen molar-refractivity contribution in [2.75, 3.05) is 5.32 Å². The van der Waals surface area contributed by atoms with Gasteiger partial charge >= 0.3 is 6.09 Å². The van der Waals surface area contributed by atoms with Gasteiger partial charge in [-0.05, 0) is 12.1 Å². The van der Waals surface area contributed by atoms with E-state index < -0.39 is 6.09 Å². The Hall–Kier alpha value is -0.930. The van der Waals surface area contributed by atoms with Gasteiger partial charge in [0.1, 0.15) is 0 Å². The molecule has 0 aliphatic heterocycles. The molecule has 5 heteroatoms. The van der Waals surface area contributed by atoms with Gasteiger partial charge in [-0.25, -0.2) is 4.79 Å². The van der Waals surface area contributed by atoms with E-state index in [1.165, 1.54) is 0 Å². The van der Waals surface area contributed by atoms with Crippen LogP contribution in [0.4, 0.5) is 10.5 Å². The third-order valence-electron chi connectivity index (χ3n) is 1.19. The molecule has 1 aromatic rings. The number of carboxylic acid groups (broad SMARTS) is 1. The number of amides is 1. The Morgan fingerprint density at radius 1 is 1.33 bits per heavy atom. The van der Waals surface area contributed by atoms with Gasteiger partial charge in [-0.3, -0.25) is 5.32 Å². The molecular formula is C7H5Cl2NO2. The fourth-order valence-corrected chi connectivity index (χ4v) is 1.22. The minimum Gasteiger partial charge on any atom is -0.465 e. The average molecular weight is 206 g/mol. The highest BCUT2D eigenvalue weighted by Gasteiger charge is 2.06. The first-order chi connectivity index (χ1) is 5.61. The monoisotopic (exact) mass is 205 g/mol. The van der Waals surface area contributed by atoms with Crippen molar-refractivity contribution in [2.45, 2.75) is 0 Å². The summed E-state index contributed by atoms with van der Waals surface area (Å²) in [6, 6.07) is 4.75. The van der Waals surface area contributed by atoms with Crippen molar-refractivity contribution < 1.29 is 9.90 Å². The number of anilines is 1. The van der Waals surface area contributed by atoms with Gasteiger partial charge in [-0.15, -0.1) is 0 Å². The quantitative estimate of drug-likeness (QED) is 0.741. The Morgan fingerprint density at radius 3 is 2.25 bits per heavy atom. The highest BCUT2D eigenvalue weighted by atomic mass is 35.5. The fourth-order valence-electron chi connectivity index (χ4n) is 0.724. The zero-order chi connectivity index (χ0) is 9.14. The number of benzene rings is 1. The predicted octanol–water partition coefficient (Wildman–Crippen LogP) is 3.08. The second-order valence-corrected chi connectivity index (χ2v) is 2.84. The number of carbonyl (C=O) groups is 1. The van der Waals surface area contributed by atoms with Crippen molar-refractivity contribution >= 4 is 35.0 Å². The van der Waals surface area contributed by atoms with Crippen LogP contribution >= 0.6 is 23.2 Å². The third-order valence-corrected chi connectivity index (χ3v) is 1.82. The molecule has 2 N–H and O–H groups in total. The average Bonchev–Trinajstić information content (AvgIpc) is 1.97. The topological polar surface area (TPSA) is 49.3 Å². The molecule has 1 rings (SSSR count). The van der Waals surface area contributed by atoms with Gasteiger partial charge in [0.05, 0.1) is 15.7 Å². The molecule has 0 aromatic heterocycles. The predicted molar refractivity (Wildman–Crippen MR) is 48.1 cm³/mol. The van der Waals surface area contributed by atoms with Crippen LogP contribution in [0.3, 0.4) is 0 Å². The molecule has 0 atom stereocenters. The van der Waals surface area contributed by atoms with Crippen LogP contribution < -0.4 is 5.32 Å². The molecular weight excluding hydrogens is 201 g/mol. The standard InChI is InChI=1S/C7H5Cl2NO2/c8-4-2-1-3-5(9)6(4)10-7(11)12/h1-3,10H,(H,11,12). The van der Waals surface area contributed by atoms with Crippen LogP contribution in [0.5, 0.6) is 0 Å². The molecule has 64 valence electrons. The summed E-state index contributed by atoms with van der Waals surface area (Å²) < 4.78 is 0. The number of para-hydroxylation sites is 1. The lowest BCUT2D eigenvalue weighted by Gasteiger charge is -2.04. The summed E-state index contributed by atoms with van der Waals surface area (Å²) in [5, 5.41) is 11.0. The van der Waals surface area contributed by atoms with Crippen molar-refractivity contribution in [3.63, 3.8) is 0 Å². The highest BCUT2D eigenvalue weighted by molar-refractivity contribution is 6.39. The fraction of sp³-hybridized carbons (Fsp3) is 0. The van der Waals surface area contributed by atoms with Gasteiger partial charge < -0.3 is 5.11 Å². The number of halogens is 2. The van der Waals surface area contributed by atoms with E-state index in [4.69, 9.17) is 28.3 Å². The van der Waals surface area contributed by atoms with Gasteiger partial charge in [0, 0.05) is 0 Å². The summed E-state index contributed by atoms with van der Waals surface area (Å²) in [6.07, 6.45) is -1.19. The Kier molecular flexibility index (Phi) is 2.78. The molecule has 0 saturated carbocycles. The third kappa shape index (κ3) is 2.03. The molecule has 0 heterocycles. The van der Waals surface area contributed by atoms with Crippen LogP contribution in [0.1, 0.15) is 0 Å². The molecule has 0 saturated heterocycles. The summed E-state index contributed by atoms with van der Waals surface area (Å²) in [5.41, 5.74) is 0.216. The lowest BCUT2D eigenvalue weighted by Crippen LogP contribution is -2.07. The van der Waals surface area contributed by atoms with Crippen LogP contribution in [-0.2, 0) is 0 Å². The molecule has 0 unspecified atom stereocenters. The molecule has 3 nitrogen and oxygen atoms in total. The normalized spacial score (nSPS) is 9.50. The van der Waals surface area contributed by atoms with Gasteiger partial charge in [0.2, 0.25) is 0 Å². The summed E-state index contributed by atoms with van der Waals surface area (Å²) in [6.45, 7) is 0. The molecule has 0 aliphatic carbocycles. The second kappa shape index (κ2) is 3.65. The van der Waals surface area contributed by atoms with E-state index in [9.17, 15) is 4.79 Å². The largest absolute Gasteiger partial charge is 0.465 e. The van der Waals surface area contributed by atoms with Crippen molar-refractivity contribution in [3.8, 4) is 0 Å². The first-order valence-corrected chi connectivity index (χ1v) is 3.81. The summed E-state index contributed by atoms with van der Waals surface area (Å²) in [7, 11) is 0. The van der Waals surface area contributed by atoms with Crippen LogP contribution in [0.15, 0.2) is 18.2 Å². The van der Waals surface area contributed by atoms with E-state index in [2.05, 4.69) is 5.32 Å². The van der Waals surface area contributed by atoms with E-state index in [1.807, 2.05) is 0 Å². The number of hydrogen-bond acceptors (Lipinski definition) is 1. The number of hydrogen-bond donors (Lipinski definition) is 2. The Morgan fingerprint density at radius 2 is 1.83 bits per heavy atom. The Bertz CT molecular complexity index is 294. The van der Waals surface area contributed by atoms with E-state index >= 15 is 0 Å². The first kappa shape index (κ1) is 9.16. The van der Waals surface area contributed by atoms with Crippen LogP contribution in [0, 0.1) is 0 Å². The summed E-state index contributed by atoms with van der Waals surface area (Å²) in [5.74, 6) is 0. The van der Waals surface area contributed by atoms with Gasteiger partial charge in [-0.2, -0.15) is 0 Å². The SMILES string of the molecule is O=C(O)Nc1c(Cl)cccc1Cl. The minimum atomic E-state index is -1.19. The molecule has 1 aromatic carbocycles. The zero-order valence-electron chi connectivity index (χ0n) is 5.84. The van der Waals surface area contributed by atoms with Gasteiger partial charge in [-0.1, -0.05) is 29.3 Å². The number of nitrogens with one attached hydrogen (secondary N) is 1. The van der Waals surface area contributed by atoms with Crippen molar-refractivity contribution in [3.05, 3.63) is 28.2 Å². The number of rotatable bonds is 1. The maximum absolute atomic E-state index is 10.2. The molecule has 0 aliphatic rings. The molecule has 1 amide bonds. The van der Waals surface area contributed by atoms with E-state index in [-0.39, 0.29) is 15.7 Å². The van der Waals surface area contributed by atoms with E-state index in [1.54, 1.807) is 18.2 Å². The van der Waals surface area contributed by atoms with Gasteiger partial charge in [0.15, 0.2) is 0 Å². The maximum Gasteiger partial charge on any atom is 0.409 e. The van der Waals surface area contributed by atoms with Crippen molar-refractivity contribution in [2.24, 2.45) is 0 Å². The smallest absolute Gasteiger partial charge is 0.409 e. The first-order valence-electron chi connectivity index (χ1n) is 3.05. The maximum atomic E-state index is 10.2. The highest BCUT2D eigenvalue weighted by Crippen LogP contribution is 2.29. The summed E-state index contributed by atoms with van der Waals surface area (Å²) in [4.78, 5) is 10.2. The van der Waals surface area contributed by atoms with Crippen LogP contribution in [-0.4, -0.2) is 11.2 Å². The zero-order valence-corrected chi connectivity index (χ0v) is 7.36. The van der Waals surface area contributed by atoms with Crippen LogP contribution in [0.2, 0.25) is 10.0 Å². The molecule has 12 heavy (non-hydrogen) atoms. The van der Waals surface area contributed by atoms with Gasteiger partial charge in [0.25, 0.3) is 0 Å². The van der Waals surface area contributed by atoms with Crippen molar-refractivity contribution in [1.82, 2.24) is 0 Å². The van der Waals surface area contributed by atoms with E-state index in [0.717, 1.165) is 0 Å². The molecule has 0 radical (unpaired) electrons. The van der Waals surface area contributed by atoms with Crippen LogP contribution in [0.25, 0.3) is 0 Å².